The van der Waals surface area contributed by atoms with Crippen molar-refractivity contribution in [2.24, 2.45) is 0 Å². The summed E-state index contributed by atoms with van der Waals surface area (Å²) in [5.41, 5.74) is 1.09. The van der Waals surface area contributed by atoms with Crippen molar-refractivity contribution in [1.29, 1.82) is 0 Å². The van der Waals surface area contributed by atoms with Gasteiger partial charge in [0, 0.05) is 6.20 Å². The Morgan fingerprint density at radius 3 is 2.12 bits per heavy atom. The van der Waals surface area contributed by atoms with E-state index in [4.69, 9.17) is 9.47 Å². The predicted molar refractivity (Wildman–Crippen MR) is 93.5 cm³/mol. The van der Waals surface area contributed by atoms with E-state index in [1.807, 2.05) is 36.4 Å². The summed E-state index contributed by atoms with van der Waals surface area (Å²) in [4.78, 5) is 13.4. The number of aromatic nitrogens is 3. The van der Waals surface area contributed by atoms with Gasteiger partial charge < -0.3 is 9.47 Å². The molecule has 3 aromatic rings. The molecule has 0 unspecified atom stereocenters. The summed E-state index contributed by atoms with van der Waals surface area (Å²) >= 11 is 1.59. The lowest BCUT2D eigenvalue weighted by atomic mass is 10.1. The normalized spacial score (nSPS) is 11.8. The van der Waals surface area contributed by atoms with Gasteiger partial charge in [-0.05, 0) is 17.7 Å². The second kappa shape index (κ2) is 7.79. The first-order valence-corrected chi connectivity index (χ1v) is 8.27. The average molecular weight is 339 g/mol. The van der Waals surface area contributed by atoms with Gasteiger partial charge in [0.25, 0.3) is 0 Å². The fraction of sp³-hybridized carbons (Fsp3) is 0.167. The van der Waals surface area contributed by atoms with Crippen LogP contribution in [0.15, 0.2) is 65.8 Å². The van der Waals surface area contributed by atoms with Gasteiger partial charge in [0.1, 0.15) is 0 Å². The zero-order valence-electron chi connectivity index (χ0n) is 13.4. The topological polar surface area (TPSA) is 57.1 Å². The molecule has 0 spiro atoms. The van der Waals surface area contributed by atoms with Crippen LogP contribution in [0.2, 0.25) is 0 Å². The Kier molecular flexibility index (Phi) is 5.28. The van der Waals surface area contributed by atoms with Crippen molar-refractivity contribution >= 4 is 11.8 Å². The van der Waals surface area contributed by atoms with Gasteiger partial charge in [-0.1, -0.05) is 48.2 Å². The molecule has 2 aromatic heterocycles. The summed E-state index contributed by atoms with van der Waals surface area (Å²) in [5, 5.41) is 0.779. The second-order valence-electron chi connectivity index (χ2n) is 4.89. The van der Waals surface area contributed by atoms with Gasteiger partial charge in [-0.3, -0.25) is 0 Å². The van der Waals surface area contributed by atoms with Gasteiger partial charge >= 0.3 is 0 Å². The van der Waals surface area contributed by atoms with E-state index in [0.29, 0.717) is 17.6 Å². The van der Waals surface area contributed by atoms with E-state index in [1.54, 1.807) is 38.2 Å². The van der Waals surface area contributed by atoms with Crippen molar-refractivity contribution in [2.75, 3.05) is 14.2 Å². The highest BCUT2D eigenvalue weighted by Gasteiger charge is 2.21. The molecule has 2 heterocycles. The summed E-state index contributed by atoms with van der Waals surface area (Å²) in [6.45, 7) is 0. The summed E-state index contributed by atoms with van der Waals surface area (Å²) in [7, 11) is 3.16. The molecule has 0 bridgehead atoms. The molecule has 0 aliphatic heterocycles. The number of thioether (sulfide) groups is 1. The van der Waals surface area contributed by atoms with Crippen LogP contribution in [0.5, 0.6) is 11.8 Å². The van der Waals surface area contributed by atoms with Crippen LogP contribution in [0.4, 0.5) is 0 Å². The molecule has 0 fully saturated rings. The fourth-order valence-corrected chi connectivity index (χ4v) is 3.21. The van der Waals surface area contributed by atoms with Gasteiger partial charge in [0.15, 0.2) is 5.82 Å². The highest BCUT2D eigenvalue weighted by molar-refractivity contribution is 7.99. The molecular formula is C18H17N3O2S. The third kappa shape index (κ3) is 3.83. The van der Waals surface area contributed by atoms with E-state index >= 15 is 0 Å². The van der Waals surface area contributed by atoms with Gasteiger partial charge in [-0.15, -0.1) is 0 Å². The highest BCUT2D eigenvalue weighted by Crippen LogP contribution is 2.39. The Morgan fingerprint density at radius 2 is 1.54 bits per heavy atom. The molecule has 0 radical (unpaired) electrons. The van der Waals surface area contributed by atoms with E-state index in [1.165, 1.54) is 0 Å². The van der Waals surface area contributed by atoms with Crippen LogP contribution >= 0.6 is 11.8 Å². The molecule has 122 valence electrons. The zero-order chi connectivity index (χ0) is 16.8. The molecule has 0 amide bonds. The third-order valence-corrected chi connectivity index (χ3v) is 4.53. The molecule has 0 aliphatic rings. The molecule has 1 atom stereocenters. The molecule has 5 nitrogen and oxygen atoms in total. The summed E-state index contributed by atoms with van der Waals surface area (Å²) in [6, 6.07) is 17.6. The van der Waals surface area contributed by atoms with Gasteiger partial charge in [-0.2, -0.15) is 9.97 Å². The molecule has 6 heteroatoms. The van der Waals surface area contributed by atoms with Crippen LogP contribution in [0, 0.1) is 0 Å². The maximum Gasteiger partial charge on any atom is 0.220 e. The number of pyridine rings is 1. The lowest BCUT2D eigenvalue weighted by molar-refractivity contribution is 0.368. The Labute approximate surface area is 145 Å². The Balaban J connectivity index is 2.04. The number of methoxy groups -OCH3 is 2. The lowest BCUT2D eigenvalue weighted by Gasteiger charge is -2.16. The largest absolute Gasteiger partial charge is 0.481 e. The molecule has 0 saturated carbocycles. The first-order chi connectivity index (χ1) is 11.8. The first kappa shape index (κ1) is 16.3. The molecule has 0 saturated heterocycles. The van der Waals surface area contributed by atoms with Crippen LogP contribution in [0.3, 0.4) is 0 Å². The third-order valence-electron chi connectivity index (χ3n) is 3.33. The van der Waals surface area contributed by atoms with E-state index in [0.717, 1.165) is 10.6 Å². The van der Waals surface area contributed by atoms with Crippen LogP contribution in [0.25, 0.3) is 0 Å². The summed E-state index contributed by atoms with van der Waals surface area (Å²) < 4.78 is 10.6. The monoisotopic (exact) mass is 339 g/mol. The van der Waals surface area contributed by atoms with Crippen LogP contribution in [0.1, 0.15) is 16.6 Å². The van der Waals surface area contributed by atoms with Gasteiger partial charge in [0.2, 0.25) is 11.8 Å². The molecule has 3 rings (SSSR count). The molecule has 0 aliphatic carbocycles. The number of ether oxygens (including phenoxy) is 2. The lowest BCUT2D eigenvalue weighted by Crippen LogP contribution is -2.06. The average Bonchev–Trinajstić information content (AvgIpc) is 2.67. The van der Waals surface area contributed by atoms with Crippen molar-refractivity contribution in [3.05, 3.63) is 72.2 Å². The minimum atomic E-state index is -0.120. The molecule has 1 aromatic carbocycles. The minimum absolute atomic E-state index is 0.120. The zero-order valence-corrected chi connectivity index (χ0v) is 14.2. The minimum Gasteiger partial charge on any atom is -0.481 e. The SMILES string of the molecule is COc1cc(OC)nc([C@H](Sc2ccccn2)c2ccccc2)n1. The maximum atomic E-state index is 5.28. The number of hydrogen-bond acceptors (Lipinski definition) is 6. The summed E-state index contributed by atoms with van der Waals surface area (Å²) in [6.07, 6.45) is 1.78. The van der Waals surface area contributed by atoms with E-state index in [-0.39, 0.29) is 5.25 Å². The number of rotatable bonds is 6. The predicted octanol–water partition coefficient (Wildman–Crippen LogP) is 3.77. The van der Waals surface area contributed by atoms with Gasteiger partial charge in [-0.25, -0.2) is 4.98 Å². The van der Waals surface area contributed by atoms with Gasteiger partial charge in [0.05, 0.1) is 30.6 Å². The van der Waals surface area contributed by atoms with E-state index in [2.05, 4.69) is 27.1 Å². The van der Waals surface area contributed by atoms with Crippen molar-refractivity contribution in [1.82, 2.24) is 15.0 Å². The Bertz CT molecular complexity index is 763. The Hall–Kier alpha value is -2.60. The van der Waals surface area contributed by atoms with E-state index < -0.39 is 0 Å². The number of hydrogen-bond donors (Lipinski definition) is 0. The van der Waals surface area contributed by atoms with Crippen molar-refractivity contribution in [2.45, 2.75) is 10.3 Å². The van der Waals surface area contributed by atoms with Crippen LogP contribution in [-0.2, 0) is 0 Å². The smallest absolute Gasteiger partial charge is 0.220 e. The van der Waals surface area contributed by atoms with E-state index in [9.17, 15) is 0 Å². The number of benzene rings is 1. The fourth-order valence-electron chi connectivity index (χ4n) is 2.18. The van der Waals surface area contributed by atoms with Crippen molar-refractivity contribution in [3.8, 4) is 11.8 Å². The molecule has 0 N–H and O–H groups in total. The molecular weight excluding hydrogens is 322 g/mol. The standard InChI is InChI=1S/C18H17N3O2S/c1-22-14-12-15(23-2)21-18(20-14)17(13-8-4-3-5-9-13)24-16-10-6-7-11-19-16/h3-12,17H,1-2H3/t17-/m1/s1. The number of nitrogens with zero attached hydrogens (tertiary/aromatic N) is 3. The van der Waals surface area contributed by atoms with Crippen LogP contribution in [-0.4, -0.2) is 29.2 Å². The quantitative estimate of drug-likeness (QED) is 0.637. The van der Waals surface area contributed by atoms with Crippen molar-refractivity contribution < 1.29 is 9.47 Å². The maximum absolute atomic E-state index is 5.28. The van der Waals surface area contributed by atoms with Crippen molar-refractivity contribution in [3.63, 3.8) is 0 Å². The molecule has 24 heavy (non-hydrogen) atoms. The summed E-state index contributed by atoms with van der Waals surface area (Å²) in [5.74, 6) is 1.56. The van der Waals surface area contributed by atoms with Crippen LogP contribution < -0.4 is 9.47 Å². The highest BCUT2D eigenvalue weighted by atomic mass is 32.2. The second-order valence-corrected chi connectivity index (χ2v) is 6.01. The Morgan fingerprint density at radius 1 is 0.875 bits per heavy atom. The first-order valence-electron chi connectivity index (χ1n) is 7.39.